The highest BCUT2D eigenvalue weighted by atomic mass is 32.2. The van der Waals surface area contributed by atoms with Gasteiger partial charge in [0.2, 0.25) is 0 Å². The molecular formula is C19H18FN3O3S2. The molecular weight excluding hydrogens is 401 g/mol. The zero-order valence-corrected chi connectivity index (χ0v) is 16.8. The van der Waals surface area contributed by atoms with Crippen molar-refractivity contribution in [1.82, 2.24) is 14.3 Å². The molecule has 0 radical (unpaired) electrons. The Balaban J connectivity index is 2.22. The maximum absolute atomic E-state index is 14.4. The Kier molecular flexibility index (Phi) is 5.85. The number of hydrogen-bond acceptors (Lipinski definition) is 5. The van der Waals surface area contributed by atoms with Gasteiger partial charge in [0.15, 0.2) is 0 Å². The Morgan fingerprint density at radius 1 is 1.25 bits per heavy atom. The maximum atomic E-state index is 14.4. The van der Waals surface area contributed by atoms with Gasteiger partial charge in [0.05, 0.1) is 11.3 Å². The summed E-state index contributed by atoms with van der Waals surface area (Å²) in [6.07, 6.45) is 4.01. The molecule has 2 heterocycles. The number of thioether (sulfide) groups is 1. The smallest absolute Gasteiger partial charge is 0.269 e. The molecule has 0 unspecified atom stereocenters. The monoisotopic (exact) mass is 419 g/mol. The van der Waals surface area contributed by atoms with Crippen molar-refractivity contribution in [3.63, 3.8) is 0 Å². The van der Waals surface area contributed by atoms with E-state index in [0.717, 1.165) is 9.73 Å². The second-order valence-corrected chi connectivity index (χ2v) is 8.92. The minimum atomic E-state index is -4.10. The van der Waals surface area contributed by atoms with E-state index in [2.05, 4.69) is 10.3 Å². The molecule has 0 saturated heterocycles. The summed E-state index contributed by atoms with van der Waals surface area (Å²) in [7, 11) is -2.67. The van der Waals surface area contributed by atoms with Crippen LogP contribution in [-0.4, -0.2) is 36.1 Å². The molecule has 0 atom stereocenters. The predicted octanol–water partition coefficient (Wildman–Crippen LogP) is 3.40. The first-order valence-electron chi connectivity index (χ1n) is 8.41. The number of benzene rings is 1. The zero-order chi connectivity index (χ0) is 20.3. The third kappa shape index (κ3) is 3.81. The summed E-state index contributed by atoms with van der Waals surface area (Å²) < 4.78 is 41.9. The molecule has 3 aromatic rings. The lowest BCUT2D eigenvalue weighted by Crippen LogP contribution is -2.17. The normalized spacial score (nSPS) is 11.4. The third-order valence-electron chi connectivity index (χ3n) is 3.98. The summed E-state index contributed by atoms with van der Waals surface area (Å²) in [4.78, 5) is 16.7. The molecule has 9 heteroatoms. The Morgan fingerprint density at radius 2 is 2.00 bits per heavy atom. The number of nitrogens with one attached hydrogen (secondary N) is 1. The van der Waals surface area contributed by atoms with Crippen LogP contribution in [-0.2, 0) is 10.0 Å². The first-order chi connectivity index (χ1) is 13.4. The SMILES string of the molecule is CCSc1cncc(S(=O)(=O)n2cc(C(=O)NC)cc2-c2ccccc2F)c1. The second-order valence-electron chi connectivity index (χ2n) is 5.76. The number of hydrogen-bond donors (Lipinski definition) is 1. The highest BCUT2D eigenvalue weighted by molar-refractivity contribution is 7.99. The van der Waals surface area contributed by atoms with Crippen molar-refractivity contribution in [2.45, 2.75) is 16.7 Å². The van der Waals surface area contributed by atoms with Gasteiger partial charge in [0.1, 0.15) is 10.7 Å². The molecule has 0 saturated carbocycles. The van der Waals surface area contributed by atoms with Crippen LogP contribution < -0.4 is 5.32 Å². The van der Waals surface area contributed by atoms with Gasteiger partial charge < -0.3 is 5.32 Å². The predicted molar refractivity (Wildman–Crippen MR) is 106 cm³/mol. The van der Waals surface area contributed by atoms with E-state index in [1.54, 1.807) is 12.3 Å². The summed E-state index contributed by atoms with van der Waals surface area (Å²) in [6, 6.07) is 8.68. The van der Waals surface area contributed by atoms with Crippen molar-refractivity contribution in [1.29, 1.82) is 0 Å². The molecule has 0 aliphatic heterocycles. The average molecular weight is 420 g/mol. The molecule has 0 fully saturated rings. The molecule has 1 amide bonds. The average Bonchev–Trinajstić information content (AvgIpc) is 3.14. The Morgan fingerprint density at radius 3 is 2.68 bits per heavy atom. The van der Waals surface area contributed by atoms with Gasteiger partial charge in [-0.3, -0.25) is 9.78 Å². The van der Waals surface area contributed by atoms with Crippen LogP contribution >= 0.6 is 11.8 Å². The van der Waals surface area contributed by atoms with Crippen molar-refractivity contribution >= 4 is 27.7 Å². The van der Waals surface area contributed by atoms with E-state index in [4.69, 9.17) is 0 Å². The number of nitrogens with zero attached hydrogens (tertiary/aromatic N) is 2. The molecule has 146 valence electrons. The van der Waals surface area contributed by atoms with Crippen LogP contribution in [0.3, 0.4) is 0 Å². The van der Waals surface area contributed by atoms with Crippen LogP contribution in [0.15, 0.2) is 64.8 Å². The van der Waals surface area contributed by atoms with Crippen LogP contribution in [0.25, 0.3) is 11.3 Å². The summed E-state index contributed by atoms with van der Waals surface area (Å²) in [5.74, 6) is -0.301. The van der Waals surface area contributed by atoms with Crippen molar-refractivity contribution in [3.8, 4) is 11.3 Å². The standard InChI is InChI=1S/C19H18FN3O3S2/c1-3-27-14-9-15(11-22-10-14)28(25,26)23-12-13(19(24)21-2)8-18(23)16-6-4-5-7-17(16)20/h4-12H,3H2,1-2H3,(H,21,24). The maximum Gasteiger partial charge on any atom is 0.269 e. The van der Waals surface area contributed by atoms with Gasteiger partial charge in [-0.1, -0.05) is 19.1 Å². The number of halogens is 1. The first-order valence-corrected chi connectivity index (χ1v) is 10.8. The summed E-state index contributed by atoms with van der Waals surface area (Å²) >= 11 is 1.46. The van der Waals surface area contributed by atoms with Gasteiger partial charge in [-0.15, -0.1) is 11.8 Å². The van der Waals surface area contributed by atoms with Crippen molar-refractivity contribution in [2.24, 2.45) is 0 Å². The molecule has 1 N–H and O–H groups in total. The lowest BCUT2D eigenvalue weighted by atomic mass is 10.1. The van der Waals surface area contributed by atoms with E-state index >= 15 is 0 Å². The van der Waals surface area contributed by atoms with Gasteiger partial charge in [-0.05, 0) is 30.0 Å². The van der Waals surface area contributed by atoms with Gasteiger partial charge in [0, 0.05) is 36.1 Å². The molecule has 0 aliphatic rings. The number of carbonyl (C=O) groups excluding carboxylic acids is 1. The highest BCUT2D eigenvalue weighted by Gasteiger charge is 2.25. The topological polar surface area (TPSA) is 81.1 Å². The van der Waals surface area contributed by atoms with E-state index < -0.39 is 21.7 Å². The van der Waals surface area contributed by atoms with Crippen molar-refractivity contribution in [2.75, 3.05) is 12.8 Å². The molecule has 0 bridgehead atoms. The quantitative estimate of drug-likeness (QED) is 0.620. The van der Waals surface area contributed by atoms with E-state index in [1.165, 1.54) is 61.5 Å². The van der Waals surface area contributed by atoms with E-state index in [0.29, 0.717) is 4.90 Å². The van der Waals surface area contributed by atoms with E-state index in [1.807, 2.05) is 6.92 Å². The number of carbonyl (C=O) groups is 1. The van der Waals surface area contributed by atoms with Crippen molar-refractivity contribution < 1.29 is 17.6 Å². The number of aromatic nitrogens is 2. The van der Waals surface area contributed by atoms with Gasteiger partial charge in [0.25, 0.3) is 15.9 Å². The molecule has 6 nitrogen and oxygen atoms in total. The van der Waals surface area contributed by atoms with Gasteiger partial charge in [-0.25, -0.2) is 16.8 Å². The number of rotatable bonds is 6. The van der Waals surface area contributed by atoms with Gasteiger partial charge >= 0.3 is 0 Å². The van der Waals surface area contributed by atoms with E-state index in [9.17, 15) is 17.6 Å². The summed E-state index contributed by atoms with van der Waals surface area (Å²) in [5, 5.41) is 2.45. The fourth-order valence-corrected chi connectivity index (χ4v) is 4.79. The molecule has 3 rings (SSSR count). The number of pyridine rings is 1. The third-order valence-corrected chi connectivity index (χ3v) is 6.47. The van der Waals surface area contributed by atoms with Crippen LogP contribution in [0, 0.1) is 5.82 Å². The lowest BCUT2D eigenvalue weighted by molar-refractivity contribution is 0.0963. The van der Waals surface area contributed by atoms with E-state index in [-0.39, 0.29) is 21.7 Å². The molecule has 2 aromatic heterocycles. The fourth-order valence-electron chi connectivity index (χ4n) is 2.68. The van der Waals surface area contributed by atoms with Crippen LogP contribution in [0.1, 0.15) is 17.3 Å². The lowest BCUT2D eigenvalue weighted by Gasteiger charge is -2.11. The van der Waals surface area contributed by atoms with Gasteiger partial charge in [-0.2, -0.15) is 0 Å². The van der Waals surface area contributed by atoms with Crippen LogP contribution in [0.4, 0.5) is 4.39 Å². The largest absolute Gasteiger partial charge is 0.355 e. The molecule has 0 spiro atoms. The summed E-state index contributed by atoms with van der Waals surface area (Å²) in [5.41, 5.74) is 0.245. The minimum Gasteiger partial charge on any atom is -0.355 e. The molecule has 0 aliphatic carbocycles. The first kappa shape index (κ1) is 20.1. The summed E-state index contributed by atoms with van der Waals surface area (Å²) in [6.45, 7) is 1.95. The fraction of sp³-hybridized carbons (Fsp3) is 0.158. The molecule has 28 heavy (non-hydrogen) atoms. The minimum absolute atomic E-state index is 0.0393. The highest BCUT2D eigenvalue weighted by Crippen LogP contribution is 2.30. The Labute approximate surface area is 166 Å². The van der Waals surface area contributed by atoms with Crippen LogP contribution in [0.2, 0.25) is 0 Å². The molecule has 1 aromatic carbocycles. The zero-order valence-electron chi connectivity index (χ0n) is 15.2. The van der Waals surface area contributed by atoms with Crippen LogP contribution in [0.5, 0.6) is 0 Å². The van der Waals surface area contributed by atoms with Crippen molar-refractivity contribution in [3.05, 3.63) is 66.4 Å². The Hall–Kier alpha value is -2.65. The number of amides is 1. The second kappa shape index (κ2) is 8.15. The Bertz CT molecular complexity index is 1130.